The number of H-pyrrole nitrogens is 2. The molecule has 2 heteroatoms. The van der Waals surface area contributed by atoms with Crippen LogP contribution in [0.25, 0.3) is 55.8 Å². The minimum Gasteiger partial charge on any atom is -0.355 e. The molecule has 0 saturated heterocycles. The maximum absolute atomic E-state index is 3.38. The molecule has 0 saturated carbocycles. The quantitative estimate of drug-likeness (QED) is 0.215. The zero-order valence-electron chi connectivity index (χ0n) is 22.2. The van der Waals surface area contributed by atoms with E-state index in [2.05, 4.69) is 143 Å². The largest absolute Gasteiger partial charge is 0.355 e. The van der Waals surface area contributed by atoms with E-state index in [0.29, 0.717) is 0 Å². The first-order chi connectivity index (χ1) is 19.8. The molecule has 2 aromatic heterocycles. The van der Waals surface area contributed by atoms with Crippen molar-refractivity contribution in [1.82, 2.24) is 9.97 Å². The van der Waals surface area contributed by atoms with Crippen molar-refractivity contribution < 1.29 is 0 Å². The van der Waals surface area contributed by atoms with Crippen molar-refractivity contribution in [2.24, 2.45) is 0 Å². The molecule has 2 nitrogen and oxygen atoms in total. The second-order valence-corrected chi connectivity index (χ2v) is 9.59. The maximum atomic E-state index is 3.38. The fourth-order valence-electron chi connectivity index (χ4n) is 4.92. The highest BCUT2D eigenvalue weighted by Crippen LogP contribution is 2.25. The van der Waals surface area contributed by atoms with E-state index < -0.39 is 0 Å². The lowest BCUT2D eigenvalue weighted by molar-refractivity contribution is 1.55. The van der Waals surface area contributed by atoms with Crippen LogP contribution in [0, 0.1) is 0 Å². The molecule has 6 aromatic carbocycles. The molecule has 2 heterocycles. The Labute approximate surface area is 234 Å². The van der Waals surface area contributed by atoms with Crippen LogP contribution >= 0.6 is 0 Å². The number of aromatic nitrogens is 2. The van der Waals surface area contributed by atoms with Gasteiger partial charge in [-0.15, -0.1) is 0 Å². The van der Waals surface area contributed by atoms with Gasteiger partial charge in [0.05, 0.1) is 0 Å². The van der Waals surface area contributed by atoms with E-state index >= 15 is 0 Å². The monoisotopic (exact) mass is 514 g/mol. The summed E-state index contributed by atoms with van der Waals surface area (Å²) in [6.45, 7) is 0. The molecule has 0 spiro atoms. The topological polar surface area (TPSA) is 31.6 Å². The van der Waals surface area contributed by atoms with Gasteiger partial charge in [-0.2, -0.15) is 0 Å². The molecular weight excluding hydrogens is 484 g/mol. The van der Waals surface area contributed by atoms with Gasteiger partial charge in [-0.3, -0.25) is 0 Å². The molecule has 0 aliphatic carbocycles. The van der Waals surface area contributed by atoms with Crippen molar-refractivity contribution in [1.29, 1.82) is 0 Å². The van der Waals surface area contributed by atoms with Crippen LogP contribution in [0.5, 0.6) is 0 Å². The first kappa shape index (κ1) is 25.0. The molecule has 0 atom stereocenters. The van der Waals surface area contributed by atoms with Crippen molar-refractivity contribution in [3.8, 4) is 0 Å². The molecule has 0 radical (unpaired) electrons. The Bertz CT molecular complexity index is 1750. The highest BCUT2D eigenvalue weighted by Gasteiger charge is 2.01. The molecule has 0 amide bonds. The van der Waals surface area contributed by atoms with E-state index in [4.69, 9.17) is 0 Å². The van der Waals surface area contributed by atoms with Gasteiger partial charge in [-0.1, -0.05) is 146 Å². The fourth-order valence-corrected chi connectivity index (χ4v) is 4.92. The molecule has 40 heavy (non-hydrogen) atoms. The van der Waals surface area contributed by atoms with Crippen molar-refractivity contribution in [2.75, 3.05) is 0 Å². The average molecular weight is 515 g/mol. The van der Waals surface area contributed by atoms with Gasteiger partial charge < -0.3 is 9.97 Å². The summed E-state index contributed by atoms with van der Waals surface area (Å²) < 4.78 is 0. The summed E-state index contributed by atoms with van der Waals surface area (Å²) in [6.07, 6.45) is 4.24. The van der Waals surface area contributed by atoms with Crippen LogP contribution in [0.1, 0.15) is 11.1 Å². The third-order valence-corrected chi connectivity index (χ3v) is 6.89. The van der Waals surface area contributed by atoms with E-state index in [-0.39, 0.29) is 0 Å². The molecule has 0 fully saturated rings. The van der Waals surface area contributed by atoms with Crippen LogP contribution in [0.3, 0.4) is 0 Å². The lowest BCUT2D eigenvalue weighted by atomic mass is 10.1. The molecular formula is C38H30N2. The highest BCUT2D eigenvalue weighted by molar-refractivity contribution is 6.07. The zero-order chi connectivity index (χ0) is 27.0. The Morgan fingerprint density at radius 2 is 0.525 bits per heavy atom. The maximum Gasteiger partial charge on any atom is 0.0464 e. The number of nitrogens with one attached hydrogen (secondary N) is 2. The third-order valence-electron chi connectivity index (χ3n) is 6.89. The molecule has 0 bridgehead atoms. The molecule has 0 aliphatic rings. The van der Waals surface area contributed by atoms with Gasteiger partial charge in [0.1, 0.15) is 0 Å². The molecule has 0 unspecified atom stereocenters. The van der Waals surface area contributed by atoms with Gasteiger partial charge in [0, 0.05) is 43.6 Å². The summed E-state index contributed by atoms with van der Waals surface area (Å²) in [6, 6.07) is 54.1. The van der Waals surface area contributed by atoms with Crippen LogP contribution in [-0.4, -0.2) is 9.97 Å². The predicted molar refractivity (Wildman–Crippen MR) is 173 cm³/mol. The van der Waals surface area contributed by atoms with E-state index in [1.807, 2.05) is 36.4 Å². The van der Waals surface area contributed by atoms with Gasteiger partial charge in [0.2, 0.25) is 0 Å². The van der Waals surface area contributed by atoms with Crippen LogP contribution in [0.2, 0.25) is 0 Å². The van der Waals surface area contributed by atoms with Crippen LogP contribution in [-0.2, 0) is 0 Å². The molecule has 8 aromatic rings. The number of hydrogen-bond donors (Lipinski definition) is 2. The Morgan fingerprint density at radius 1 is 0.275 bits per heavy atom. The first-order valence-corrected chi connectivity index (χ1v) is 13.5. The molecule has 192 valence electrons. The normalized spacial score (nSPS) is 10.9. The van der Waals surface area contributed by atoms with Crippen LogP contribution in [0.15, 0.2) is 158 Å². The summed E-state index contributed by atoms with van der Waals surface area (Å²) >= 11 is 0. The summed E-state index contributed by atoms with van der Waals surface area (Å²) in [5, 5.41) is 5.22. The van der Waals surface area contributed by atoms with Gasteiger partial charge >= 0.3 is 0 Å². The Kier molecular flexibility index (Phi) is 7.50. The van der Waals surface area contributed by atoms with Gasteiger partial charge in [0.25, 0.3) is 0 Å². The molecule has 2 N–H and O–H groups in total. The number of para-hydroxylation sites is 4. The summed E-state index contributed by atoms with van der Waals surface area (Å²) in [7, 11) is 0. The van der Waals surface area contributed by atoms with Crippen molar-refractivity contribution >= 4 is 55.8 Å². The number of rotatable bonds is 2. The summed E-state index contributed by atoms with van der Waals surface area (Å²) in [5.74, 6) is 0. The lowest BCUT2D eigenvalue weighted by Gasteiger charge is -1.92. The van der Waals surface area contributed by atoms with Crippen molar-refractivity contribution in [2.45, 2.75) is 0 Å². The van der Waals surface area contributed by atoms with E-state index in [1.54, 1.807) is 0 Å². The third kappa shape index (κ3) is 5.72. The summed E-state index contributed by atoms with van der Waals surface area (Å²) in [5.41, 5.74) is 7.31. The second kappa shape index (κ2) is 12.0. The van der Waals surface area contributed by atoms with E-state index in [1.165, 1.54) is 54.7 Å². The minimum absolute atomic E-state index is 1.21. The van der Waals surface area contributed by atoms with E-state index in [9.17, 15) is 0 Å². The van der Waals surface area contributed by atoms with Gasteiger partial charge in [0.15, 0.2) is 0 Å². The lowest BCUT2D eigenvalue weighted by Crippen LogP contribution is -1.70. The number of hydrogen-bond acceptors (Lipinski definition) is 0. The van der Waals surface area contributed by atoms with Gasteiger partial charge in [-0.05, 0) is 35.4 Å². The second-order valence-electron chi connectivity index (χ2n) is 9.59. The first-order valence-electron chi connectivity index (χ1n) is 13.5. The standard InChI is InChI=1S/C14H12.2C12H9N/c1-3-7-13(8-4-1)11-12-14-9-5-2-6-10-14;2*1-3-7-11-9(5-1)10-6-2-4-8-12(10)13-11/h1-12H;2*1-8,13H. The number of benzene rings is 6. The van der Waals surface area contributed by atoms with Gasteiger partial charge in [-0.25, -0.2) is 0 Å². The fraction of sp³-hybridized carbons (Fsp3) is 0. The van der Waals surface area contributed by atoms with E-state index in [0.717, 1.165) is 0 Å². The average Bonchev–Trinajstić information content (AvgIpc) is 3.60. The number of fused-ring (bicyclic) bond motifs is 6. The van der Waals surface area contributed by atoms with Crippen LogP contribution < -0.4 is 0 Å². The minimum atomic E-state index is 1.21. The molecule has 8 rings (SSSR count). The van der Waals surface area contributed by atoms with Crippen molar-refractivity contribution in [3.05, 3.63) is 169 Å². The van der Waals surface area contributed by atoms with Crippen molar-refractivity contribution in [3.63, 3.8) is 0 Å². The number of aromatic amines is 2. The smallest absolute Gasteiger partial charge is 0.0464 e. The summed E-state index contributed by atoms with van der Waals surface area (Å²) in [4.78, 5) is 6.76. The zero-order valence-corrected chi connectivity index (χ0v) is 22.2. The molecule has 0 aliphatic heterocycles. The highest BCUT2D eigenvalue weighted by atomic mass is 14.7. The van der Waals surface area contributed by atoms with Crippen LogP contribution in [0.4, 0.5) is 0 Å². The SMILES string of the molecule is C(=Cc1ccccc1)c1ccccc1.c1ccc2c(c1)[nH]c1ccccc12.c1ccc2c(c1)[nH]c1ccccc12. The predicted octanol–water partition coefficient (Wildman–Crippen LogP) is 10.5. The Balaban J connectivity index is 0.000000109. The Morgan fingerprint density at radius 3 is 0.825 bits per heavy atom. The Hall–Kier alpha value is -5.34.